The minimum atomic E-state index is -0.299. The first-order valence-electron chi connectivity index (χ1n) is 11.1. The number of rotatable bonds is 4. The summed E-state index contributed by atoms with van der Waals surface area (Å²) in [7, 11) is 0. The summed E-state index contributed by atoms with van der Waals surface area (Å²) in [6, 6.07) is 0. The van der Waals surface area contributed by atoms with Crippen molar-refractivity contribution in [2.24, 2.45) is 40.4 Å². The Morgan fingerprint density at radius 1 is 0.962 bits per heavy atom. The lowest BCUT2D eigenvalue weighted by molar-refractivity contribution is -0.115. The van der Waals surface area contributed by atoms with Crippen LogP contribution in [0.3, 0.4) is 0 Å². The van der Waals surface area contributed by atoms with Crippen LogP contribution in [0, 0.1) is 40.4 Å². The molecule has 0 radical (unpaired) electrons. The topological polar surface area (TPSA) is 60.7 Å². The molecule has 3 fully saturated rings. The van der Waals surface area contributed by atoms with Gasteiger partial charge in [0.15, 0.2) is 0 Å². The third-order valence-corrected chi connectivity index (χ3v) is 9.35. The van der Waals surface area contributed by atoms with Crippen LogP contribution in [0.5, 0.6) is 0 Å². The Morgan fingerprint density at radius 3 is 2.27 bits per heavy atom. The van der Waals surface area contributed by atoms with Gasteiger partial charge in [-0.25, -0.2) is 0 Å². The molecule has 3 aliphatic rings. The number of aliphatic hydroxyl groups is 3. The second-order valence-corrected chi connectivity index (χ2v) is 10.9. The van der Waals surface area contributed by atoms with E-state index in [-0.39, 0.29) is 29.1 Å². The number of aliphatic hydroxyl groups excluding tert-OH is 3. The molecule has 26 heavy (non-hydrogen) atoms. The van der Waals surface area contributed by atoms with Crippen molar-refractivity contribution in [2.45, 2.75) is 104 Å². The molecule has 0 saturated heterocycles. The van der Waals surface area contributed by atoms with Gasteiger partial charge in [0.2, 0.25) is 0 Å². The Morgan fingerprint density at radius 2 is 1.62 bits per heavy atom. The molecule has 3 aliphatic carbocycles. The maximum absolute atomic E-state index is 11.5. The van der Waals surface area contributed by atoms with Gasteiger partial charge < -0.3 is 15.3 Å². The molecule has 3 rings (SSSR count). The summed E-state index contributed by atoms with van der Waals surface area (Å²) >= 11 is 0. The van der Waals surface area contributed by atoms with E-state index in [1.807, 2.05) is 0 Å². The van der Waals surface area contributed by atoms with E-state index in [1.165, 1.54) is 12.8 Å². The van der Waals surface area contributed by atoms with Gasteiger partial charge in [-0.05, 0) is 91.8 Å². The van der Waals surface area contributed by atoms with Crippen molar-refractivity contribution in [1.29, 1.82) is 0 Å². The molecule has 0 aromatic carbocycles. The molecule has 3 heteroatoms. The highest BCUT2D eigenvalue weighted by molar-refractivity contribution is 5.03. The Balaban J connectivity index is 1.80. The zero-order chi connectivity index (χ0) is 19.3. The minimum absolute atomic E-state index is 0.0173. The van der Waals surface area contributed by atoms with Gasteiger partial charge in [0.1, 0.15) is 0 Å². The van der Waals surface area contributed by atoms with Crippen LogP contribution in [0.4, 0.5) is 0 Å². The molecule has 3 nitrogen and oxygen atoms in total. The van der Waals surface area contributed by atoms with Gasteiger partial charge in [-0.3, -0.25) is 0 Å². The van der Waals surface area contributed by atoms with Crippen LogP contribution in [0.1, 0.15) is 86.0 Å². The highest BCUT2D eigenvalue weighted by Gasteiger charge is 2.54. The van der Waals surface area contributed by atoms with Gasteiger partial charge in [0.05, 0.1) is 18.3 Å². The lowest BCUT2D eigenvalue weighted by Crippen LogP contribution is -2.51. The summed E-state index contributed by atoms with van der Waals surface area (Å²) in [6.07, 6.45) is 6.84. The molecule has 0 amide bonds. The predicted octanol–water partition coefficient (Wildman–Crippen LogP) is 4.38. The molecule has 0 bridgehead atoms. The van der Waals surface area contributed by atoms with Gasteiger partial charge in [0.25, 0.3) is 0 Å². The van der Waals surface area contributed by atoms with Crippen molar-refractivity contribution >= 4 is 0 Å². The van der Waals surface area contributed by atoms with Gasteiger partial charge >= 0.3 is 0 Å². The van der Waals surface area contributed by atoms with Crippen LogP contribution in [0.2, 0.25) is 0 Å². The second-order valence-electron chi connectivity index (χ2n) is 10.9. The maximum Gasteiger partial charge on any atom is 0.0601 e. The van der Waals surface area contributed by atoms with E-state index in [9.17, 15) is 15.3 Å². The normalized spacial score (nSPS) is 50.7. The van der Waals surface area contributed by atoms with E-state index in [1.54, 1.807) is 0 Å². The zero-order valence-corrected chi connectivity index (χ0v) is 17.6. The highest BCUT2D eigenvalue weighted by Crippen LogP contribution is 2.58. The molecule has 9 atom stereocenters. The SMILES string of the molecule is CC(C)[C@H]1CC[C@@H](C)[C@]1(C)C(O)C[C@H]1C[C@H](O)CC2C[C@H](O)CC[C@@]21C. The quantitative estimate of drug-likeness (QED) is 0.692. The lowest BCUT2D eigenvalue weighted by Gasteiger charge is -2.54. The van der Waals surface area contributed by atoms with Crippen LogP contribution in [-0.4, -0.2) is 33.6 Å². The third-order valence-electron chi connectivity index (χ3n) is 9.35. The fraction of sp³-hybridized carbons (Fsp3) is 1.00. The number of fused-ring (bicyclic) bond motifs is 1. The van der Waals surface area contributed by atoms with Crippen molar-refractivity contribution < 1.29 is 15.3 Å². The van der Waals surface area contributed by atoms with Crippen molar-refractivity contribution in [3.05, 3.63) is 0 Å². The Hall–Kier alpha value is -0.120. The smallest absolute Gasteiger partial charge is 0.0601 e. The summed E-state index contributed by atoms with van der Waals surface area (Å²) in [4.78, 5) is 0. The molecular weight excluding hydrogens is 324 g/mol. The maximum atomic E-state index is 11.5. The molecule has 0 aliphatic heterocycles. The van der Waals surface area contributed by atoms with Gasteiger partial charge in [0, 0.05) is 0 Å². The van der Waals surface area contributed by atoms with Crippen LogP contribution in [0.25, 0.3) is 0 Å². The molecule has 0 heterocycles. The van der Waals surface area contributed by atoms with Gasteiger partial charge in [-0.15, -0.1) is 0 Å². The van der Waals surface area contributed by atoms with E-state index in [4.69, 9.17) is 0 Å². The highest BCUT2D eigenvalue weighted by atomic mass is 16.3. The Bertz CT molecular complexity index is 490. The molecule has 0 spiro atoms. The van der Waals surface area contributed by atoms with Crippen LogP contribution in [0.15, 0.2) is 0 Å². The van der Waals surface area contributed by atoms with Crippen LogP contribution >= 0.6 is 0 Å². The molecule has 152 valence electrons. The van der Waals surface area contributed by atoms with Crippen molar-refractivity contribution in [3.8, 4) is 0 Å². The second kappa shape index (κ2) is 7.37. The Kier molecular flexibility index (Phi) is 5.84. The molecule has 3 saturated carbocycles. The average Bonchev–Trinajstić information content (AvgIpc) is 2.86. The van der Waals surface area contributed by atoms with Crippen LogP contribution < -0.4 is 0 Å². The van der Waals surface area contributed by atoms with E-state index < -0.39 is 0 Å². The number of hydrogen-bond donors (Lipinski definition) is 3. The molecule has 3 N–H and O–H groups in total. The number of hydrogen-bond acceptors (Lipinski definition) is 3. The van der Waals surface area contributed by atoms with Crippen LogP contribution in [-0.2, 0) is 0 Å². The zero-order valence-electron chi connectivity index (χ0n) is 17.6. The summed E-state index contributed by atoms with van der Waals surface area (Å²) in [6.45, 7) is 11.6. The molecular formula is C23H42O3. The third kappa shape index (κ3) is 3.37. The summed E-state index contributed by atoms with van der Waals surface area (Å²) in [5, 5.41) is 32.1. The van der Waals surface area contributed by atoms with Crippen molar-refractivity contribution in [3.63, 3.8) is 0 Å². The first kappa shape index (κ1) is 20.6. The summed E-state index contributed by atoms with van der Waals surface area (Å²) < 4.78 is 0. The van der Waals surface area contributed by atoms with Gasteiger partial charge in [-0.1, -0.05) is 34.6 Å². The molecule has 2 unspecified atom stereocenters. The summed E-state index contributed by atoms with van der Waals surface area (Å²) in [5.74, 6) is 2.48. The first-order valence-corrected chi connectivity index (χ1v) is 11.1. The molecule has 0 aromatic rings. The first-order chi connectivity index (χ1) is 12.1. The van der Waals surface area contributed by atoms with Gasteiger partial charge in [-0.2, -0.15) is 0 Å². The predicted molar refractivity (Wildman–Crippen MR) is 106 cm³/mol. The molecule has 0 aromatic heterocycles. The lowest BCUT2D eigenvalue weighted by atomic mass is 9.52. The fourth-order valence-electron chi connectivity index (χ4n) is 7.26. The van der Waals surface area contributed by atoms with E-state index >= 15 is 0 Å². The van der Waals surface area contributed by atoms with E-state index in [0.29, 0.717) is 29.6 Å². The fourth-order valence-corrected chi connectivity index (χ4v) is 7.26. The summed E-state index contributed by atoms with van der Waals surface area (Å²) in [5.41, 5.74) is 0.140. The van der Waals surface area contributed by atoms with E-state index in [2.05, 4.69) is 34.6 Å². The van der Waals surface area contributed by atoms with E-state index in [0.717, 1.165) is 38.5 Å². The monoisotopic (exact) mass is 366 g/mol. The largest absolute Gasteiger partial charge is 0.393 e. The average molecular weight is 367 g/mol. The van der Waals surface area contributed by atoms with Crippen molar-refractivity contribution in [1.82, 2.24) is 0 Å². The minimum Gasteiger partial charge on any atom is -0.393 e. The Labute approximate surface area is 160 Å². The van der Waals surface area contributed by atoms with Crippen molar-refractivity contribution in [2.75, 3.05) is 0 Å². The standard InChI is InChI=1S/C23H42O3/c1-14(2)20-7-6-15(3)23(20,5)21(26)13-17-12-19(25)11-16-10-18(24)8-9-22(16,17)4/h14-21,24-26H,6-13H2,1-5H3/t15-,16?,17-,18-,19-,20-,21?,22+,23+/m1/s1.